The van der Waals surface area contributed by atoms with Crippen LogP contribution in [0.5, 0.6) is 0 Å². The van der Waals surface area contributed by atoms with Gasteiger partial charge in [0.2, 0.25) is 0 Å². The van der Waals surface area contributed by atoms with E-state index in [0.717, 1.165) is 6.07 Å². The van der Waals surface area contributed by atoms with E-state index in [2.05, 4.69) is 10.3 Å². The lowest BCUT2D eigenvalue weighted by atomic mass is 9.94. The molecule has 2 rings (SSSR count). The third kappa shape index (κ3) is 3.16. The second kappa shape index (κ2) is 5.47. The topological polar surface area (TPSA) is 79.3 Å². The minimum atomic E-state index is -1.10. The fourth-order valence-electron chi connectivity index (χ4n) is 1.80. The Morgan fingerprint density at radius 3 is 2.76 bits per heavy atom. The number of amides is 1. The molecule has 1 aromatic carbocycles. The van der Waals surface area contributed by atoms with Crippen molar-refractivity contribution in [2.24, 2.45) is 5.41 Å². The Bertz CT molecular complexity index is 713. The standard InChI is InChI=1S/C15H15FN2O3/c1-15(2,14(20)21)8-18-13(19)11-7-10(16)6-9-4-3-5-17-12(9)11/h3-7H,8H2,1-2H3,(H,18,19)(H,20,21). The van der Waals surface area contributed by atoms with E-state index < -0.39 is 23.1 Å². The van der Waals surface area contributed by atoms with Gasteiger partial charge in [0.15, 0.2) is 0 Å². The Balaban J connectivity index is 2.30. The van der Waals surface area contributed by atoms with Crippen LogP contribution in [0.4, 0.5) is 4.39 Å². The molecule has 6 heteroatoms. The third-order valence-electron chi connectivity index (χ3n) is 3.18. The maximum atomic E-state index is 13.6. The lowest BCUT2D eigenvalue weighted by Gasteiger charge is -2.19. The average molecular weight is 290 g/mol. The van der Waals surface area contributed by atoms with Gasteiger partial charge in [-0.25, -0.2) is 4.39 Å². The number of nitrogens with one attached hydrogen (secondary N) is 1. The van der Waals surface area contributed by atoms with Gasteiger partial charge < -0.3 is 10.4 Å². The molecule has 110 valence electrons. The van der Waals surface area contributed by atoms with Crippen molar-refractivity contribution in [2.75, 3.05) is 6.54 Å². The lowest BCUT2D eigenvalue weighted by molar-refractivity contribution is -0.146. The van der Waals surface area contributed by atoms with Crippen LogP contribution in [0, 0.1) is 11.2 Å². The maximum absolute atomic E-state index is 13.6. The van der Waals surface area contributed by atoms with E-state index in [1.807, 2.05) is 0 Å². The van der Waals surface area contributed by atoms with Crippen molar-refractivity contribution >= 4 is 22.8 Å². The van der Waals surface area contributed by atoms with Gasteiger partial charge >= 0.3 is 5.97 Å². The number of carboxylic acids is 1. The molecule has 21 heavy (non-hydrogen) atoms. The van der Waals surface area contributed by atoms with Crippen LogP contribution in [0.15, 0.2) is 30.5 Å². The molecule has 5 nitrogen and oxygen atoms in total. The van der Waals surface area contributed by atoms with E-state index in [1.165, 1.54) is 26.1 Å². The van der Waals surface area contributed by atoms with Crippen molar-refractivity contribution in [2.45, 2.75) is 13.8 Å². The van der Waals surface area contributed by atoms with E-state index in [-0.39, 0.29) is 12.1 Å². The van der Waals surface area contributed by atoms with Crippen LogP contribution >= 0.6 is 0 Å². The number of rotatable bonds is 4. The predicted octanol–water partition coefficient (Wildman–Crippen LogP) is 2.21. The van der Waals surface area contributed by atoms with Crippen LogP contribution in [-0.2, 0) is 4.79 Å². The predicted molar refractivity (Wildman–Crippen MR) is 75.5 cm³/mol. The normalized spacial score (nSPS) is 11.4. The summed E-state index contributed by atoms with van der Waals surface area (Å²) in [5.74, 6) is -2.12. The van der Waals surface area contributed by atoms with Gasteiger partial charge in [0, 0.05) is 18.1 Å². The van der Waals surface area contributed by atoms with Crippen LogP contribution in [-0.4, -0.2) is 28.5 Å². The van der Waals surface area contributed by atoms with Crippen molar-refractivity contribution in [1.29, 1.82) is 0 Å². The first-order valence-corrected chi connectivity index (χ1v) is 6.37. The number of aromatic nitrogens is 1. The molecule has 1 amide bonds. The molecule has 2 N–H and O–H groups in total. The Hall–Kier alpha value is -2.50. The van der Waals surface area contributed by atoms with Crippen LogP contribution in [0.1, 0.15) is 24.2 Å². The second-order valence-corrected chi connectivity index (χ2v) is 5.40. The molecule has 2 aromatic rings. The summed E-state index contributed by atoms with van der Waals surface area (Å²) in [6.07, 6.45) is 1.51. The van der Waals surface area contributed by atoms with Crippen molar-refractivity contribution in [3.63, 3.8) is 0 Å². The molecule has 0 saturated carbocycles. The number of pyridine rings is 1. The number of halogens is 1. The number of nitrogens with zero attached hydrogens (tertiary/aromatic N) is 1. The van der Waals surface area contributed by atoms with Crippen molar-refractivity contribution in [3.8, 4) is 0 Å². The molecule has 0 aliphatic carbocycles. The minimum Gasteiger partial charge on any atom is -0.481 e. The molecule has 1 aromatic heterocycles. The summed E-state index contributed by atoms with van der Waals surface area (Å²) in [6, 6.07) is 5.69. The second-order valence-electron chi connectivity index (χ2n) is 5.40. The first-order chi connectivity index (χ1) is 9.81. The Morgan fingerprint density at radius 1 is 1.38 bits per heavy atom. The first-order valence-electron chi connectivity index (χ1n) is 6.37. The van der Waals surface area contributed by atoms with Gasteiger partial charge in [-0.2, -0.15) is 0 Å². The average Bonchev–Trinajstić information content (AvgIpc) is 2.43. The van der Waals surface area contributed by atoms with Crippen molar-refractivity contribution in [1.82, 2.24) is 10.3 Å². The highest BCUT2D eigenvalue weighted by Crippen LogP contribution is 2.19. The van der Waals surface area contributed by atoms with Gasteiger partial charge in [-0.05, 0) is 32.0 Å². The van der Waals surface area contributed by atoms with Crippen LogP contribution in [0.25, 0.3) is 10.9 Å². The smallest absolute Gasteiger partial charge is 0.310 e. The Morgan fingerprint density at radius 2 is 2.10 bits per heavy atom. The fourth-order valence-corrected chi connectivity index (χ4v) is 1.80. The summed E-state index contributed by atoms with van der Waals surface area (Å²) in [7, 11) is 0. The zero-order valence-corrected chi connectivity index (χ0v) is 11.7. The molecule has 0 bridgehead atoms. The highest BCUT2D eigenvalue weighted by atomic mass is 19.1. The maximum Gasteiger partial charge on any atom is 0.310 e. The number of carboxylic acid groups (broad SMARTS) is 1. The summed E-state index contributed by atoms with van der Waals surface area (Å²) in [6.45, 7) is 2.93. The van der Waals surface area contributed by atoms with E-state index in [9.17, 15) is 14.0 Å². The van der Waals surface area contributed by atoms with E-state index in [0.29, 0.717) is 10.9 Å². The van der Waals surface area contributed by atoms with Crippen molar-refractivity contribution in [3.05, 3.63) is 41.8 Å². The number of aliphatic carboxylic acids is 1. The lowest BCUT2D eigenvalue weighted by Crippen LogP contribution is -2.39. The molecule has 0 aliphatic heterocycles. The van der Waals surface area contributed by atoms with Gasteiger partial charge in [0.05, 0.1) is 16.5 Å². The number of hydrogen-bond donors (Lipinski definition) is 2. The molecule has 0 atom stereocenters. The number of carbonyl (C=O) groups is 2. The van der Waals surface area contributed by atoms with Gasteiger partial charge in [0.1, 0.15) is 5.82 Å². The van der Waals surface area contributed by atoms with Gasteiger partial charge in [-0.1, -0.05) is 6.07 Å². The van der Waals surface area contributed by atoms with E-state index >= 15 is 0 Å². The van der Waals surface area contributed by atoms with Crippen LogP contribution in [0.3, 0.4) is 0 Å². The summed E-state index contributed by atoms with van der Waals surface area (Å²) >= 11 is 0. The SMILES string of the molecule is CC(C)(CNC(=O)c1cc(F)cc2cccnc12)C(=O)O. The molecule has 0 radical (unpaired) electrons. The molecule has 0 fully saturated rings. The zero-order chi connectivity index (χ0) is 15.6. The van der Waals surface area contributed by atoms with Crippen LogP contribution in [0.2, 0.25) is 0 Å². The minimum absolute atomic E-state index is 0.0635. The van der Waals surface area contributed by atoms with Gasteiger partial charge in [-0.15, -0.1) is 0 Å². The zero-order valence-electron chi connectivity index (χ0n) is 11.7. The van der Waals surface area contributed by atoms with E-state index in [4.69, 9.17) is 5.11 Å². The summed E-state index contributed by atoms with van der Waals surface area (Å²) in [4.78, 5) is 27.3. The Labute approximate surface area is 120 Å². The highest BCUT2D eigenvalue weighted by molar-refractivity contribution is 6.05. The molecular formula is C15H15FN2O3. The molecule has 0 saturated heterocycles. The summed E-state index contributed by atoms with van der Waals surface area (Å²) < 4.78 is 13.6. The number of benzene rings is 1. The largest absolute Gasteiger partial charge is 0.481 e. The summed E-state index contributed by atoms with van der Waals surface area (Å²) in [5.41, 5.74) is -0.636. The van der Waals surface area contributed by atoms with Crippen molar-refractivity contribution < 1.29 is 19.1 Å². The van der Waals surface area contributed by atoms with Gasteiger partial charge in [-0.3, -0.25) is 14.6 Å². The number of hydrogen-bond acceptors (Lipinski definition) is 3. The molecular weight excluding hydrogens is 275 g/mol. The van der Waals surface area contributed by atoms with E-state index in [1.54, 1.807) is 12.1 Å². The summed E-state index contributed by atoms with van der Waals surface area (Å²) in [5, 5.41) is 12.0. The Kier molecular flexibility index (Phi) is 3.88. The highest BCUT2D eigenvalue weighted by Gasteiger charge is 2.28. The molecule has 1 heterocycles. The first kappa shape index (κ1) is 14.9. The monoisotopic (exact) mass is 290 g/mol. The molecule has 0 unspecified atom stereocenters. The number of fused-ring (bicyclic) bond motifs is 1. The molecule has 0 aliphatic rings. The van der Waals surface area contributed by atoms with Crippen LogP contribution < -0.4 is 5.32 Å². The molecule has 0 spiro atoms. The van der Waals surface area contributed by atoms with Gasteiger partial charge in [0.25, 0.3) is 5.91 Å². The fraction of sp³-hybridized carbons (Fsp3) is 0.267. The third-order valence-corrected chi connectivity index (χ3v) is 3.18. The quantitative estimate of drug-likeness (QED) is 0.905. The number of carbonyl (C=O) groups excluding carboxylic acids is 1.